The highest BCUT2D eigenvalue weighted by Crippen LogP contribution is 2.56. The van der Waals surface area contributed by atoms with Crippen LogP contribution in [0.5, 0.6) is 0 Å². The third kappa shape index (κ3) is 10.0. The molecule has 3 saturated heterocycles. The number of ether oxygens (including phenoxy) is 3. The highest BCUT2D eigenvalue weighted by molar-refractivity contribution is 7.54. The second-order valence-electron chi connectivity index (χ2n) is 14.9. The molecular formula is C33H54N14O10P2. The van der Waals surface area contributed by atoms with Crippen LogP contribution in [0.25, 0.3) is 0 Å². The number of morpholine rings is 3. The van der Waals surface area contributed by atoms with Gasteiger partial charge in [0.1, 0.15) is 17.5 Å². The quantitative estimate of drug-likeness (QED) is 0.172. The molecule has 2 unspecified atom stereocenters. The van der Waals surface area contributed by atoms with E-state index in [1.54, 1.807) is 37.5 Å². The number of aromatic nitrogens is 6. The van der Waals surface area contributed by atoms with Gasteiger partial charge in [0.05, 0.1) is 44.6 Å². The molecule has 0 aliphatic carbocycles. The van der Waals surface area contributed by atoms with Crippen LogP contribution >= 0.6 is 15.3 Å². The highest BCUT2D eigenvalue weighted by Gasteiger charge is 2.46. The third-order valence-electron chi connectivity index (χ3n) is 10.1. The van der Waals surface area contributed by atoms with E-state index in [1.165, 1.54) is 59.8 Å². The Labute approximate surface area is 340 Å². The predicted octanol–water partition coefficient (Wildman–Crippen LogP) is -0.486. The summed E-state index contributed by atoms with van der Waals surface area (Å²) in [5, 5.41) is 0. The van der Waals surface area contributed by atoms with E-state index in [0.29, 0.717) is 19.5 Å². The van der Waals surface area contributed by atoms with Crippen LogP contribution in [0.2, 0.25) is 0 Å². The summed E-state index contributed by atoms with van der Waals surface area (Å²) >= 11 is 0. The van der Waals surface area contributed by atoms with Crippen molar-refractivity contribution in [2.24, 2.45) is 0 Å². The number of nitrogens with zero attached hydrogens (tertiary/aromatic N) is 11. The van der Waals surface area contributed by atoms with Crippen LogP contribution in [0, 0.1) is 0 Å². The van der Waals surface area contributed by atoms with Crippen molar-refractivity contribution in [3.05, 3.63) is 68.2 Å². The Bertz CT molecular complexity index is 2220. The minimum absolute atomic E-state index is 0.00648. The molecule has 6 rings (SSSR count). The smallest absolute Gasteiger partial charge is 0.351 e. The van der Waals surface area contributed by atoms with Gasteiger partial charge in [0, 0.05) is 44.8 Å². The van der Waals surface area contributed by atoms with Crippen molar-refractivity contribution < 1.29 is 32.4 Å². The van der Waals surface area contributed by atoms with E-state index in [2.05, 4.69) is 15.0 Å². The Morgan fingerprint density at radius 3 is 1.36 bits per heavy atom. The van der Waals surface area contributed by atoms with Gasteiger partial charge >= 0.3 is 32.4 Å². The molecule has 59 heavy (non-hydrogen) atoms. The molecule has 6 heterocycles. The number of nitrogens with two attached hydrogens (primary N) is 3. The SMILES string of the molecule is CC[C@@H]1CN(P(=O)(OC[C@@H]2CN(P(=O)(OC[C@@H]3CN(C)C[C@H](n4ccc(N)nc4=O)O3)N(C)C)C[C@H](n3ccc(N)nc3=O)O2)N(C)C)C[C@H](n2ccc(N)nc2=O)O1. The van der Waals surface area contributed by atoms with E-state index in [0.717, 1.165) is 0 Å². The molecular weight excluding hydrogens is 814 g/mol. The number of anilines is 3. The van der Waals surface area contributed by atoms with Crippen molar-refractivity contribution in [2.75, 3.05) is 105 Å². The maximum absolute atomic E-state index is 15.1. The first kappa shape index (κ1) is 44.6. The summed E-state index contributed by atoms with van der Waals surface area (Å²) in [5.41, 5.74) is 15.3. The monoisotopic (exact) mass is 868 g/mol. The maximum atomic E-state index is 15.1. The molecule has 3 aliphatic rings. The van der Waals surface area contributed by atoms with Gasteiger partial charge in [0.2, 0.25) is 0 Å². The lowest BCUT2D eigenvalue weighted by molar-refractivity contribution is -0.134. The molecule has 0 bridgehead atoms. The number of likely N-dealkylation sites (N-methyl/N-ethyl adjacent to an activating group) is 1. The van der Waals surface area contributed by atoms with Gasteiger partial charge in [-0.25, -0.2) is 33.1 Å². The van der Waals surface area contributed by atoms with Crippen LogP contribution in [-0.4, -0.2) is 158 Å². The number of rotatable bonds is 14. The summed E-state index contributed by atoms with van der Waals surface area (Å²) < 4.78 is 71.5. The molecule has 26 heteroatoms. The average Bonchev–Trinajstić information content (AvgIpc) is 3.18. The van der Waals surface area contributed by atoms with Gasteiger partial charge in [0.15, 0.2) is 18.7 Å². The van der Waals surface area contributed by atoms with Crippen LogP contribution in [0.3, 0.4) is 0 Å². The summed E-state index contributed by atoms with van der Waals surface area (Å²) in [5.74, 6) is 0.149. The molecule has 6 N–H and O–H groups in total. The molecule has 0 amide bonds. The number of hydrogen-bond donors (Lipinski definition) is 3. The molecule has 0 saturated carbocycles. The van der Waals surface area contributed by atoms with Gasteiger partial charge in [0.25, 0.3) is 0 Å². The van der Waals surface area contributed by atoms with Crippen LogP contribution in [0.1, 0.15) is 32.0 Å². The summed E-state index contributed by atoms with van der Waals surface area (Å²) in [6, 6.07) is 4.42. The van der Waals surface area contributed by atoms with Crippen molar-refractivity contribution in [1.82, 2.24) is 52.2 Å². The van der Waals surface area contributed by atoms with Crippen LogP contribution in [0.15, 0.2) is 51.2 Å². The van der Waals surface area contributed by atoms with Gasteiger partial charge in [-0.05, 0) is 59.9 Å². The first-order valence-electron chi connectivity index (χ1n) is 18.9. The summed E-state index contributed by atoms with van der Waals surface area (Å²) in [6.45, 7) is 2.38. The maximum Gasteiger partial charge on any atom is 0.351 e. The van der Waals surface area contributed by atoms with E-state index < -0.39 is 69.4 Å². The fourth-order valence-electron chi connectivity index (χ4n) is 7.07. The molecule has 0 spiro atoms. The lowest BCUT2D eigenvalue weighted by Gasteiger charge is -2.45. The first-order chi connectivity index (χ1) is 27.9. The second kappa shape index (κ2) is 18.4. The number of hydrogen-bond acceptors (Lipinski definition) is 17. The topological polar surface area (TPSA) is 279 Å². The van der Waals surface area contributed by atoms with E-state index in [4.69, 9.17) is 40.5 Å². The van der Waals surface area contributed by atoms with Gasteiger partial charge in [-0.3, -0.25) is 27.7 Å². The Morgan fingerprint density at radius 2 is 0.983 bits per heavy atom. The van der Waals surface area contributed by atoms with Crippen molar-refractivity contribution in [3.8, 4) is 0 Å². The molecule has 24 nitrogen and oxygen atoms in total. The van der Waals surface area contributed by atoms with Crippen LogP contribution in [-0.2, 0) is 32.4 Å². The fraction of sp³-hybridized carbons (Fsp3) is 0.636. The highest BCUT2D eigenvalue weighted by atomic mass is 31.2. The molecule has 3 fully saturated rings. The Hall–Kier alpha value is -3.90. The standard InChI is InChI=1S/C33H54N14O10P2/c1-7-22-15-43(18-29(55-22)46-12-9-26(35)38-32(46)49)58(51,40(2)3)54-21-24-16-44(19-30(57-24)47-13-10-27(36)39-33(47)50)59(52,41(4)5)53-20-23-14-42(6)17-28(56-23)45-11-8-25(34)37-31(45)48/h8-13,22-24,28-30H,7,14-21H2,1-6H3,(H2,34,37,48)(H2,35,38,49)(H2,36,39,50)/t22-,23+,24+,28-,29-,30-,58?,59?/m1/s1. The fourth-order valence-corrected chi connectivity index (χ4v) is 11.1. The lowest BCUT2D eigenvalue weighted by Crippen LogP contribution is -2.51. The van der Waals surface area contributed by atoms with Crippen molar-refractivity contribution in [1.29, 1.82) is 0 Å². The third-order valence-corrected chi connectivity index (χ3v) is 15.2. The zero-order valence-electron chi connectivity index (χ0n) is 33.9. The Morgan fingerprint density at radius 1 is 0.627 bits per heavy atom. The van der Waals surface area contributed by atoms with Gasteiger partial charge in [-0.1, -0.05) is 6.92 Å². The Kier molecular flexibility index (Phi) is 13.9. The molecule has 8 atom stereocenters. The van der Waals surface area contributed by atoms with Crippen molar-refractivity contribution in [2.45, 2.75) is 50.3 Å². The molecule has 3 aromatic heterocycles. The minimum Gasteiger partial charge on any atom is -0.383 e. The normalized spacial score (nSPS) is 27.1. The summed E-state index contributed by atoms with van der Waals surface area (Å²) in [4.78, 5) is 52.0. The predicted molar refractivity (Wildman–Crippen MR) is 216 cm³/mol. The van der Waals surface area contributed by atoms with E-state index in [1.807, 2.05) is 18.9 Å². The zero-order valence-corrected chi connectivity index (χ0v) is 35.7. The van der Waals surface area contributed by atoms with Crippen molar-refractivity contribution in [3.63, 3.8) is 0 Å². The second-order valence-corrected chi connectivity index (χ2v) is 20.1. The van der Waals surface area contributed by atoms with E-state index in [-0.39, 0.29) is 56.8 Å². The largest absolute Gasteiger partial charge is 0.383 e. The molecule has 0 radical (unpaired) electrons. The van der Waals surface area contributed by atoms with E-state index >= 15 is 4.57 Å². The van der Waals surface area contributed by atoms with E-state index in [9.17, 15) is 18.9 Å². The van der Waals surface area contributed by atoms with Gasteiger partial charge in [-0.15, -0.1) is 0 Å². The first-order valence-corrected chi connectivity index (χ1v) is 22.0. The average molecular weight is 869 g/mol. The zero-order chi connectivity index (χ0) is 42.8. The minimum atomic E-state index is -3.93. The van der Waals surface area contributed by atoms with Crippen LogP contribution in [0.4, 0.5) is 17.5 Å². The van der Waals surface area contributed by atoms with Gasteiger partial charge < -0.3 is 40.5 Å². The lowest BCUT2D eigenvalue weighted by atomic mass is 10.2. The molecule has 0 aromatic carbocycles. The Balaban J connectivity index is 1.24. The molecule has 3 aromatic rings. The van der Waals surface area contributed by atoms with Gasteiger partial charge in [-0.2, -0.15) is 15.0 Å². The molecule has 3 aliphatic heterocycles. The van der Waals surface area contributed by atoms with Crippen LogP contribution < -0.4 is 34.3 Å². The molecule has 326 valence electrons. The summed E-state index contributed by atoms with van der Waals surface area (Å²) in [7, 11) is 0.496. The van der Waals surface area contributed by atoms with Crippen molar-refractivity contribution >= 4 is 32.8 Å². The number of nitrogen functional groups attached to an aromatic ring is 3. The summed E-state index contributed by atoms with van der Waals surface area (Å²) in [6.07, 6.45) is 0.386.